The van der Waals surface area contributed by atoms with E-state index in [4.69, 9.17) is 5.73 Å². The largest absolute Gasteiger partial charge is 0.506 e. The summed E-state index contributed by atoms with van der Waals surface area (Å²) >= 11 is 0. The normalized spacial score (nSPS) is 10.8. The van der Waals surface area contributed by atoms with Crippen molar-refractivity contribution in [2.45, 2.75) is 0 Å². The monoisotopic (exact) mass is 225 g/mol. The molecule has 0 aliphatic rings. The Morgan fingerprint density at radius 2 is 1.88 bits per heavy atom. The van der Waals surface area contributed by atoms with Crippen LogP contribution in [0.5, 0.6) is 5.75 Å². The molecular weight excluding hydrogens is 214 g/mol. The number of hydrogen-bond acceptors (Lipinski definition) is 3. The van der Waals surface area contributed by atoms with Crippen LogP contribution in [0.4, 0.5) is 5.69 Å². The van der Waals surface area contributed by atoms with Crippen molar-refractivity contribution in [2.24, 2.45) is 0 Å². The predicted molar refractivity (Wildman–Crippen MR) is 67.1 cm³/mol. The summed E-state index contributed by atoms with van der Waals surface area (Å²) in [4.78, 5) is 0. The minimum Gasteiger partial charge on any atom is -0.506 e. The maximum absolute atomic E-state index is 9.83. The minimum absolute atomic E-state index is 0.181. The summed E-state index contributed by atoms with van der Waals surface area (Å²) in [6, 6.07) is 12.7. The van der Waals surface area contributed by atoms with Crippen molar-refractivity contribution in [1.29, 1.82) is 0 Å². The molecule has 2 aromatic carbocycles. The molecule has 1 heterocycles. The number of para-hydroxylation sites is 3. The van der Waals surface area contributed by atoms with Crippen LogP contribution in [0, 0.1) is 0 Å². The van der Waals surface area contributed by atoms with Crippen LogP contribution < -0.4 is 5.73 Å². The molecule has 0 bridgehead atoms. The first kappa shape index (κ1) is 9.72. The van der Waals surface area contributed by atoms with Gasteiger partial charge in [0.15, 0.2) is 0 Å². The van der Waals surface area contributed by atoms with E-state index in [0.717, 1.165) is 10.9 Å². The van der Waals surface area contributed by atoms with E-state index in [9.17, 15) is 5.11 Å². The van der Waals surface area contributed by atoms with Crippen molar-refractivity contribution < 1.29 is 5.11 Å². The summed E-state index contributed by atoms with van der Waals surface area (Å²) in [5, 5.41) is 15.0. The number of nitrogens with two attached hydrogens (primary N) is 1. The molecule has 0 aliphatic heterocycles. The summed E-state index contributed by atoms with van der Waals surface area (Å²) in [5.74, 6) is 0.181. The Morgan fingerprint density at radius 3 is 2.71 bits per heavy atom. The number of phenolic OH excluding ortho intramolecular Hbond substituents is 1. The van der Waals surface area contributed by atoms with Gasteiger partial charge >= 0.3 is 0 Å². The zero-order valence-corrected chi connectivity index (χ0v) is 9.04. The Bertz CT molecular complexity index is 688. The van der Waals surface area contributed by atoms with Crippen LogP contribution in [0.25, 0.3) is 16.6 Å². The molecule has 0 saturated carbocycles. The van der Waals surface area contributed by atoms with E-state index in [1.165, 1.54) is 0 Å². The van der Waals surface area contributed by atoms with E-state index in [-0.39, 0.29) is 5.75 Å². The molecule has 0 spiro atoms. The van der Waals surface area contributed by atoms with Crippen LogP contribution in [0.1, 0.15) is 0 Å². The smallest absolute Gasteiger partial charge is 0.141 e. The maximum atomic E-state index is 9.83. The van der Waals surface area contributed by atoms with Gasteiger partial charge < -0.3 is 10.8 Å². The first-order valence-electron chi connectivity index (χ1n) is 5.28. The lowest BCUT2D eigenvalue weighted by Gasteiger charge is -2.07. The fourth-order valence-corrected chi connectivity index (χ4v) is 1.93. The Kier molecular flexibility index (Phi) is 2.01. The van der Waals surface area contributed by atoms with Gasteiger partial charge in [-0.3, -0.25) is 0 Å². The van der Waals surface area contributed by atoms with Gasteiger partial charge in [-0.15, -0.1) is 0 Å². The number of benzene rings is 2. The van der Waals surface area contributed by atoms with Gasteiger partial charge in [-0.05, 0) is 18.2 Å². The lowest BCUT2D eigenvalue weighted by Crippen LogP contribution is -1.98. The number of rotatable bonds is 1. The van der Waals surface area contributed by atoms with Gasteiger partial charge in [0.2, 0.25) is 0 Å². The van der Waals surface area contributed by atoms with E-state index in [1.54, 1.807) is 29.1 Å². The molecule has 17 heavy (non-hydrogen) atoms. The van der Waals surface area contributed by atoms with Crippen LogP contribution in [0.15, 0.2) is 48.7 Å². The quantitative estimate of drug-likeness (QED) is 0.624. The molecule has 0 fully saturated rings. The number of nitrogens with zero attached hydrogens (tertiary/aromatic N) is 2. The second-order valence-corrected chi connectivity index (χ2v) is 3.83. The molecule has 4 heteroatoms. The fourth-order valence-electron chi connectivity index (χ4n) is 1.93. The van der Waals surface area contributed by atoms with Gasteiger partial charge in [0.25, 0.3) is 0 Å². The molecule has 0 radical (unpaired) electrons. The summed E-state index contributed by atoms with van der Waals surface area (Å²) in [6.45, 7) is 0. The Hall–Kier alpha value is -2.49. The number of aromatic nitrogens is 2. The predicted octanol–water partition coefficient (Wildman–Crippen LogP) is 2.31. The maximum Gasteiger partial charge on any atom is 0.141 e. The van der Waals surface area contributed by atoms with Gasteiger partial charge in [0, 0.05) is 5.39 Å². The van der Waals surface area contributed by atoms with Crippen molar-refractivity contribution in [2.75, 3.05) is 5.73 Å². The first-order valence-corrected chi connectivity index (χ1v) is 5.28. The number of nitrogen functional groups attached to an aromatic ring is 1. The second-order valence-electron chi connectivity index (χ2n) is 3.83. The van der Waals surface area contributed by atoms with Gasteiger partial charge in [-0.25, -0.2) is 4.68 Å². The average molecular weight is 225 g/mol. The standard InChI is InChI=1S/C13H11N3O/c14-10-5-3-4-9-8-15-16(13(9)10)11-6-1-2-7-12(11)17/h1-8,17H,14H2. The van der Waals surface area contributed by atoms with Crippen LogP contribution in [0.3, 0.4) is 0 Å². The van der Waals surface area contributed by atoms with Crippen LogP contribution in [-0.4, -0.2) is 14.9 Å². The first-order chi connectivity index (χ1) is 8.27. The van der Waals surface area contributed by atoms with Crippen LogP contribution >= 0.6 is 0 Å². The molecule has 0 amide bonds. The molecule has 3 rings (SSSR count). The molecule has 84 valence electrons. The molecule has 4 nitrogen and oxygen atoms in total. The molecule has 3 N–H and O–H groups in total. The molecule has 0 unspecified atom stereocenters. The number of anilines is 1. The van der Waals surface area contributed by atoms with Gasteiger partial charge in [0.1, 0.15) is 11.4 Å². The third-order valence-corrected chi connectivity index (χ3v) is 2.73. The summed E-state index contributed by atoms with van der Waals surface area (Å²) in [6.07, 6.45) is 1.73. The molecule has 0 aliphatic carbocycles. The highest BCUT2D eigenvalue weighted by molar-refractivity contribution is 5.90. The zero-order valence-electron chi connectivity index (χ0n) is 9.04. The lowest BCUT2D eigenvalue weighted by molar-refractivity contribution is 0.471. The summed E-state index contributed by atoms with van der Waals surface area (Å²) < 4.78 is 1.65. The Labute approximate surface area is 97.9 Å². The number of fused-ring (bicyclic) bond motifs is 1. The third kappa shape index (κ3) is 1.42. The highest BCUT2D eigenvalue weighted by atomic mass is 16.3. The van der Waals surface area contributed by atoms with Crippen LogP contribution in [-0.2, 0) is 0 Å². The van der Waals surface area contributed by atoms with Crippen molar-refractivity contribution in [3.05, 3.63) is 48.7 Å². The van der Waals surface area contributed by atoms with Gasteiger partial charge in [-0.2, -0.15) is 5.10 Å². The number of aromatic hydroxyl groups is 1. The topological polar surface area (TPSA) is 64.1 Å². The highest BCUT2D eigenvalue weighted by Crippen LogP contribution is 2.27. The molecule has 0 saturated heterocycles. The molecule has 1 aromatic heterocycles. The van der Waals surface area contributed by atoms with Crippen molar-refractivity contribution in [1.82, 2.24) is 9.78 Å². The number of phenols is 1. The SMILES string of the molecule is Nc1cccc2cnn(-c3ccccc3O)c12. The van der Waals surface area contributed by atoms with Gasteiger partial charge in [-0.1, -0.05) is 24.3 Å². The zero-order chi connectivity index (χ0) is 11.8. The van der Waals surface area contributed by atoms with E-state index in [2.05, 4.69) is 5.10 Å². The van der Waals surface area contributed by atoms with E-state index >= 15 is 0 Å². The van der Waals surface area contributed by atoms with E-state index in [1.807, 2.05) is 24.3 Å². The number of hydrogen-bond donors (Lipinski definition) is 2. The minimum atomic E-state index is 0.181. The van der Waals surface area contributed by atoms with Gasteiger partial charge in [0.05, 0.1) is 17.4 Å². The average Bonchev–Trinajstić information content (AvgIpc) is 2.75. The fraction of sp³-hybridized carbons (Fsp3) is 0. The van der Waals surface area contributed by atoms with Crippen molar-refractivity contribution >= 4 is 16.6 Å². The Balaban J connectivity index is 2.36. The summed E-state index contributed by atoms with van der Waals surface area (Å²) in [5.41, 5.74) is 8.03. The second kappa shape index (κ2) is 3.52. The van der Waals surface area contributed by atoms with E-state index in [0.29, 0.717) is 11.4 Å². The lowest BCUT2D eigenvalue weighted by atomic mass is 10.2. The molecule has 3 aromatic rings. The van der Waals surface area contributed by atoms with E-state index < -0.39 is 0 Å². The Morgan fingerprint density at radius 1 is 1.06 bits per heavy atom. The summed E-state index contributed by atoms with van der Waals surface area (Å²) in [7, 11) is 0. The molecular formula is C13H11N3O. The van der Waals surface area contributed by atoms with Crippen molar-refractivity contribution in [3.8, 4) is 11.4 Å². The van der Waals surface area contributed by atoms with Crippen molar-refractivity contribution in [3.63, 3.8) is 0 Å². The third-order valence-electron chi connectivity index (χ3n) is 2.73. The molecule has 0 atom stereocenters. The van der Waals surface area contributed by atoms with Crippen LogP contribution in [0.2, 0.25) is 0 Å². The highest BCUT2D eigenvalue weighted by Gasteiger charge is 2.10.